The lowest BCUT2D eigenvalue weighted by Gasteiger charge is -2.03. The van der Waals surface area contributed by atoms with Crippen LogP contribution in [-0.2, 0) is 0 Å². The molecule has 0 heterocycles. The van der Waals surface area contributed by atoms with E-state index in [1.165, 1.54) is 0 Å². The van der Waals surface area contributed by atoms with Crippen LogP contribution in [0, 0.1) is 6.92 Å². The molecule has 0 bridgehead atoms. The summed E-state index contributed by atoms with van der Waals surface area (Å²) in [4.78, 5) is 11.0. The van der Waals surface area contributed by atoms with Crippen molar-refractivity contribution in [3.8, 4) is 0 Å². The second kappa shape index (κ2) is 3.14. The molecule has 2 heteroatoms. The summed E-state index contributed by atoms with van der Waals surface area (Å²) in [6.45, 7) is 1.90. The molecule has 0 saturated heterocycles. The number of rotatable bonds is 1. The molecule has 2 aromatic rings. The fourth-order valence-electron chi connectivity index (χ4n) is 1.64. The van der Waals surface area contributed by atoms with Crippen molar-refractivity contribution in [3.05, 3.63) is 47.5 Å². The van der Waals surface area contributed by atoms with E-state index in [2.05, 4.69) is 0 Å². The molecule has 0 amide bonds. The molecule has 70 valence electrons. The fourth-order valence-corrected chi connectivity index (χ4v) is 1.64. The number of aryl methyl sites for hydroxylation is 1. The second-order valence-corrected chi connectivity index (χ2v) is 3.34. The third-order valence-electron chi connectivity index (χ3n) is 2.24. The van der Waals surface area contributed by atoms with Gasteiger partial charge in [0.1, 0.15) is 0 Å². The minimum Gasteiger partial charge on any atom is -0.478 e. The summed E-state index contributed by atoms with van der Waals surface area (Å²) in [5, 5.41) is 10.8. The molecule has 2 aromatic carbocycles. The molecule has 0 spiro atoms. The summed E-state index contributed by atoms with van der Waals surface area (Å²) in [6.07, 6.45) is 0. The highest BCUT2D eigenvalue weighted by molar-refractivity contribution is 6.03. The Kier molecular flexibility index (Phi) is 1.97. The van der Waals surface area contributed by atoms with Crippen LogP contribution in [-0.4, -0.2) is 11.1 Å². The van der Waals surface area contributed by atoms with Crippen molar-refractivity contribution < 1.29 is 9.90 Å². The molecule has 0 saturated carbocycles. The smallest absolute Gasteiger partial charge is 0.336 e. The predicted octanol–water partition coefficient (Wildman–Crippen LogP) is 2.85. The van der Waals surface area contributed by atoms with Crippen LogP contribution in [0.2, 0.25) is 0 Å². The normalized spacial score (nSPS) is 10.4. The maximum Gasteiger partial charge on any atom is 0.336 e. The molecular formula is C12H10O2. The highest BCUT2D eigenvalue weighted by atomic mass is 16.4. The number of benzene rings is 2. The molecule has 2 rings (SSSR count). The van der Waals surface area contributed by atoms with Crippen LogP contribution in [0.25, 0.3) is 10.8 Å². The van der Waals surface area contributed by atoms with Gasteiger partial charge in [0.25, 0.3) is 0 Å². The molecule has 0 aromatic heterocycles. The number of aromatic carboxylic acids is 1. The zero-order chi connectivity index (χ0) is 10.1. The minimum atomic E-state index is -0.870. The van der Waals surface area contributed by atoms with Gasteiger partial charge in [-0.2, -0.15) is 0 Å². The van der Waals surface area contributed by atoms with Crippen molar-refractivity contribution in [3.63, 3.8) is 0 Å². The number of hydrogen-bond acceptors (Lipinski definition) is 1. The van der Waals surface area contributed by atoms with Crippen molar-refractivity contribution in [2.45, 2.75) is 6.92 Å². The van der Waals surface area contributed by atoms with E-state index < -0.39 is 5.97 Å². The Labute approximate surface area is 81.8 Å². The van der Waals surface area contributed by atoms with E-state index in [0.29, 0.717) is 5.56 Å². The van der Waals surface area contributed by atoms with Gasteiger partial charge in [-0.3, -0.25) is 0 Å². The van der Waals surface area contributed by atoms with Gasteiger partial charge in [-0.15, -0.1) is 0 Å². The van der Waals surface area contributed by atoms with E-state index in [4.69, 9.17) is 5.11 Å². The van der Waals surface area contributed by atoms with Crippen molar-refractivity contribution in [1.29, 1.82) is 0 Å². The molecule has 0 radical (unpaired) electrons. The van der Waals surface area contributed by atoms with Crippen LogP contribution in [0.4, 0.5) is 0 Å². The van der Waals surface area contributed by atoms with E-state index in [1.54, 1.807) is 6.07 Å². The summed E-state index contributed by atoms with van der Waals surface area (Å²) in [5.41, 5.74) is 1.35. The number of carboxylic acid groups (broad SMARTS) is 1. The highest BCUT2D eigenvalue weighted by Gasteiger charge is 2.07. The molecule has 0 fully saturated rings. The molecule has 14 heavy (non-hydrogen) atoms. The summed E-state index contributed by atoms with van der Waals surface area (Å²) >= 11 is 0. The number of hydrogen-bond donors (Lipinski definition) is 1. The Balaban J connectivity index is 2.87. The Morgan fingerprint density at radius 2 is 1.93 bits per heavy atom. The van der Waals surface area contributed by atoms with Gasteiger partial charge in [0.15, 0.2) is 0 Å². The van der Waals surface area contributed by atoms with Gasteiger partial charge in [-0.25, -0.2) is 4.79 Å². The third-order valence-corrected chi connectivity index (χ3v) is 2.24. The van der Waals surface area contributed by atoms with Crippen LogP contribution in [0.5, 0.6) is 0 Å². The van der Waals surface area contributed by atoms with Gasteiger partial charge in [0.2, 0.25) is 0 Å². The first-order valence-corrected chi connectivity index (χ1v) is 4.41. The number of fused-ring (bicyclic) bond motifs is 1. The molecule has 0 aliphatic rings. The number of carbonyl (C=O) groups is 1. The van der Waals surface area contributed by atoms with Gasteiger partial charge >= 0.3 is 5.97 Å². The first kappa shape index (κ1) is 8.75. The maximum absolute atomic E-state index is 11.0. The first-order valence-electron chi connectivity index (χ1n) is 4.41. The van der Waals surface area contributed by atoms with Gasteiger partial charge in [-0.1, -0.05) is 30.3 Å². The van der Waals surface area contributed by atoms with Gasteiger partial charge in [0, 0.05) is 0 Å². The highest BCUT2D eigenvalue weighted by Crippen LogP contribution is 2.20. The standard InChI is InChI=1S/C12H10O2/c1-8-6-9-4-2-3-5-10(9)11(7-8)12(13)14/h2-7H,1H3,(H,13,14). The summed E-state index contributed by atoms with van der Waals surface area (Å²) in [5.74, 6) is -0.870. The van der Waals surface area contributed by atoms with Crippen LogP contribution in [0.1, 0.15) is 15.9 Å². The van der Waals surface area contributed by atoms with E-state index in [1.807, 2.05) is 37.3 Å². The maximum atomic E-state index is 11.0. The molecule has 0 aliphatic heterocycles. The van der Waals surface area contributed by atoms with Crippen molar-refractivity contribution in [2.24, 2.45) is 0 Å². The zero-order valence-corrected chi connectivity index (χ0v) is 7.82. The van der Waals surface area contributed by atoms with Crippen LogP contribution < -0.4 is 0 Å². The minimum absolute atomic E-state index is 0.376. The van der Waals surface area contributed by atoms with Crippen LogP contribution >= 0.6 is 0 Å². The average Bonchev–Trinajstić information content (AvgIpc) is 2.16. The quantitative estimate of drug-likeness (QED) is 0.743. The lowest BCUT2D eigenvalue weighted by Crippen LogP contribution is -1.97. The van der Waals surface area contributed by atoms with Crippen LogP contribution in [0.3, 0.4) is 0 Å². The van der Waals surface area contributed by atoms with E-state index >= 15 is 0 Å². The monoisotopic (exact) mass is 186 g/mol. The summed E-state index contributed by atoms with van der Waals surface area (Å²) in [7, 11) is 0. The average molecular weight is 186 g/mol. The van der Waals surface area contributed by atoms with Crippen molar-refractivity contribution in [1.82, 2.24) is 0 Å². The first-order chi connectivity index (χ1) is 6.68. The Morgan fingerprint density at radius 1 is 1.21 bits per heavy atom. The van der Waals surface area contributed by atoms with Gasteiger partial charge in [0.05, 0.1) is 5.56 Å². The summed E-state index contributed by atoms with van der Waals surface area (Å²) < 4.78 is 0. The number of carboxylic acids is 1. The fraction of sp³-hybridized carbons (Fsp3) is 0.0833. The van der Waals surface area contributed by atoms with Gasteiger partial charge in [-0.05, 0) is 29.3 Å². The van der Waals surface area contributed by atoms with Crippen LogP contribution in [0.15, 0.2) is 36.4 Å². The van der Waals surface area contributed by atoms with Crippen molar-refractivity contribution in [2.75, 3.05) is 0 Å². The molecule has 2 nitrogen and oxygen atoms in total. The van der Waals surface area contributed by atoms with Crippen molar-refractivity contribution >= 4 is 16.7 Å². The van der Waals surface area contributed by atoms with Gasteiger partial charge < -0.3 is 5.11 Å². The Bertz CT molecular complexity index is 501. The SMILES string of the molecule is Cc1cc(C(=O)O)c2ccccc2c1. The topological polar surface area (TPSA) is 37.3 Å². The summed E-state index contributed by atoms with van der Waals surface area (Å²) in [6, 6.07) is 11.2. The third kappa shape index (κ3) is 1.35. The molecule has 1 N–H and O–H groups in total. The molecule has 0 aliphatic carbocycles. The zero-order valence-electron chi connectivity index (χ0n) is 7.82. The predicted molar refractivity (Wildman–Crippen MR) is 55.6 cm³/mol. The molecule has 0 atom stereocenters. The Morgan fingerprint density at radius 3 is 2.64 bits per heavy atom. The second-order valence-electron chi connectivity index (χ2n) is 3.34. The Hall–Kier alpha value is -1.83. The molecule has 0 unspecified atom stereocenters. The molecular weight excluding hydrogens is 176 g/mol. The lowest BCUT2D eigenvalue weighted by atomic mass is 10.0. The largest absolute Gasteiger partial charge is 0.478 e. The van der Waals surface area contributed by atoms with E-state index in [9.17, 15) is 4.79 Å². The van der Waals surface area contributed by atoms with E-state index in [0.717, 1.165) is 16.3 Å². The lowest BCUT2D eigenvalue weighted by molar-refractivity contribution is 0.0699. The van der Waals surface area contributed by atoms with E-state index in [-0.39, 0.29) is 0 Å².